The van der Waals surface area contributed by atoms with Gasteiger partial charge in [-0.25, -0.2) is 4.79 Å². The molecule has 0 aromatic heterocycles. The van der Waals surface area contributed by atoms with Crippen LogP contribution in [0.25, 0.3) is 5.69 Å². The smallest absolute Gasteiger partial charge is 0.382 e. The number of thioether (sulfide) groups is 1. The maximum absolute atomic E-state index is 12.1. The largest absolute Gasteiger partial charge is 0.389 e. The van der Waals surface area contributed by atoms with Crippen LogP contribution in [0.1, 0.15) is 23.4 Å². The van der Waals surface area contributed by atoms with Crippen LogP contribution in [0.15, 0.2) is 9.00 Å². The normalized spacial score (nSPS) is 12.2. The van der Waals surface area contributed by atoms with E-state index in [1.807, 2.05) is 6.92 Å². The SMILES string of the molecule is Cc1sc(SCCCC(F)(F)F)c2c(N)nc(=O)n-2c1C. The molecular weight excluding hydrogens is 323 g/mol. The van der Waals surface area contributed by atoms with Gasteiger partial charge in [-0.2, -0.15) is 18.2 Å². The van der Waals surface area contributed by atoms with Crippen LogP contribution in [0.2, 0.25) is 0 Å². The summed E-state index contributed by atoms with van der Waals surface area (Å²) in [6.45, 7) is 3.65. The Morgan fingerprint density at radius 2 is 2.05 bits per heavy atom. The van der Waals surface area contributed by atoms with Gasteiger partial charge in [-0.05, 0) is 26.0 Å². The van der Waals surface area contributed by atoms with Crippen LogP contribution in [0, 0.1) is 13.8 Å². The fraction of sp³-hybridized carbons (Fsp3) is 0.500. The van der Waals surface area contributed by atoms with Gasteiger partial charge < -0.3 is 5.73 Å². The number of hydrogen-bond donors (Lipinski definition) is 1. The summed E-state index contributed by atoms with van der Waals surface area (Å²) in [5.74, 6) is 0.435. The molecule has 2 heterocycles. The Kier molecular flexibility index (Phi) is 4.52. The summed E-state index contributed by atoms with van der Waals surface area (Å²) in [6, 6.07) is 0. The highest BCUT2D eigenvalue weighted by Gasteiger charge is 2.26. The van der Waals surface area contributed by atoms with E-state index in [1.54, 1.807) is 6.92 Å². The number of alkyl halides is 3. The monoisotopic (exact) mass is 337 g/mol. The van der Waals surface area contributed by atoms with Crippen LogP contribution in [0.4, 0.5) is 19.0 Å². The molecule has 0 aromatic carbocycles. The molecule has 0 aliphatic carbocycles. The number of aryl methyl sites for hydroxylation is 1. The molecule has 0 saturated carbocycles. The minimum Gasteiger partial charge on any atom is -0.382 e. The zero-order chi connectivity index (χ0) is 15.8. The van der Waals surface area contributed by atoms with E-state index >= 15 is 0 Å². The first-order valence-corrected chi connectivity index (χ1v) is 7.98. The van der Waals surface area contributed by atoms with Gasteiger partial charge in [0, 0.05) is 17.0 Å². The maximum Gasteiger partial charge on any atom is 0.389 e. The van der Waals surface area contributed by atoms with Crippen molar-refractivity contribution in [3.63, 3.8) is 0 Å². The van der Waals surface area contributed by atoms with E-state index in [4.69, 9.17) is 5.73 Å². The number of halogens is 3. The lowest BCUT2D eigenvalue weighted by atomic mass is 10.3. The molecule has 0 fully saturated rings. The number of nitrogens with zero attached hydrogens (tertiary/aromatic N) is 2. The lowest BCUT2D eigenvalue weighted by molar-refractivity contribution is -0.134. The third-order valence-corrected chi connectivity index (χ3v) is 5.53. The molecule has 9 heteroatoms. The van der Waals surface area contributed by atoms with Crippen molar-refractivity contribution < 1.29 is 13.2 Å². The second-order valence-electron chi connectivity index (χ2n) is 4.56. The number of imidazole rings is 1. The lowest BCUT2D eigenvalue weighted by Gasteiger charge is -2.14. The van der Waals surface area contributed by atoms with Crippen molar-refractivity contribution in [2.45, 2.75) is 37.1 Å². The van der Waals surface area contributed by atoms with Gasteiger partial charge in [-0.15, -0.1) is 23.1 Å². The van der Waals surface area contributed by atoms with Gasteiger partial charge in [-0.1, -0.05) is 0 Å². The van der Waals surface area contributed by atoms with E-state index in [-0.39, 0.29) is 12.2 Å². The molecule has 2 rings (SSSR count). The van der Waals surface area contributed by atoms with Crippen molar-refractivity contribution in [1.29, 1.82) is 0 Å². The third-order valence-electron chi connectivity index (χ3n) is 3.00. The number of anilines is 1. The van der Waals surface area contributed by atoms with E-state index in [1.165, 1.54) is 27.7 Å². The van der Waals surface area contributed by atoms with Crippen molar-refractivity contribution in [2.24, 2.45) is 0 Å². The Balaban J connectivity index is 2.24. The van der Waals surface area contributed by atoms with Crippen molar-refractivity contribution in [2.75, 3.05) is 11.5 Å². The standard InChI is InChI=1S/C12H14F3N3OS2/c1-6-7(2)21-10(20-5-3-4-12(13,14)15)8-9(16)17-11(19)18(6)8/h3-5H2,1-2H3,(H2,16,17,19). The highest BCUT2D eigenvalue weighted by atomic mass is 32.2. The van der Waals surface area contributed by atoms with Crippen LogP contribution < -0.4 is 11.4 Å². The summed E-state index contributed by atoms with van der Waals surface area (Å²) in [4.78, 5) is 16.4. The fourth-order valence-electron chi connectivity index (χ4n) is 1.88. The number of hydrogen-bond acceptors (Lipinski definition) is 5. The number of nitrogens with two attached hydrogens (primary N) is 1. The average molecular weight is 337 g/mol. The molecule has 0 unspecified atom stereocenters. The summed E-state index contributed by atoms with van der Waals surface area (Å²) in [5.41, 5.74) is 6.56. The van der Waals surface area contributed by atoms with Crippen molar-refractivity contribution >= 4 is 28.9 Å². The first-order valence-electron chi connectivity index (χ1n) is 6.18. The molecule has 0 bridgehead atoms. The van der Waals surface area contributed by atoms with Crippen molar-refractivity contribution in [3.8, 4) is 5.69 Å². The van der Waals surface area contributed by atoms with E-state index < -0.39 is 18.3 Å². The van der Waals surface area contributed by atoms with Crippen molar-refractivity contribution in [1.82, 2.24) is 9.55 Å². The summed E-state index contributed by atoms with van der Waals surface area (Å²) >= 11 is 2.70. The molecule has 21 heavy (non-hydrogen) atoms. The van der Waals surface area contributed by atoms with Gasteiger partial charge >= 0.3 is 11.9 Å². The highest BCUT2D eigenvalue weighted by Crippen LogP contribution is 2.37. The Labute approximate surface area is 127 Å². The summed E-state index contributed by atoms with van der Waals surface area (Å²) < 4.78 is 38.6. The molecule has 2 aliphatic heterocycles. The van der Waals surface area contributed by atoms with E-state index in [0.29, 0.717) is 11.4 Å². The highest BCUT2D eigenvalue weighted by molar-refractivity contribution is 8.01. The van der Waals surface area contributed by atoms with E-state index in [9.17, 15) is 18.0 Å². The summed E-state index contributed by atoms with van der Waals surface area (Å²) in [6.07, 6.45) is -4.92. The maximum atomic E-state index is 12.1. The number of nitrogen functional groups attached to an aromatic ring is 1. The zero-order valence-electron chi connectivity index (χ0n) is 11.5. The molecule has 0 atom stereocenters. The second kappa shape index (κ2) is 5.88. The van der Waals surface area contributed by atoms with Gasteiger partial charge in [0.15, 0.2) is 5.82 Å². The van der Waals surface area contributed by atoms with Crippen LogP contribution in [0.5, 0.6) is 0 Å². The van der Waals surface area contributed by atoms with Gasteiger partial charge in [0.25, 0.3) is 0 Å². The van der Waals surface area contributed by atoms with Gasteiger partial charge in [0.05, 0.1) is 4.21 Å². The molecule has 0 radical (unpaired) electrons. The topological polar surface area (TPSA) is 60.9 Å². The summed E-state index contributed by atoms with van der Waals surface area (Å²) in [7, 11) is 0. The van der Waals surface area contributed by atoms with Crippen LogP contribution in [-0.2, 0) is 0 Å². The molecule has 4 nitrogen and oxygen atoms in total. The Hall–Kier alpha value is -1.22. The molecule has 0 spiro atoms. The molecular formula is C12H14F3N3OS2. The minimum absolute atomic E-state index is 0.0260. The molecule has 0 amide bonds. The number of aromatic nitrogens is 2. The first kappa shape index (κ1) is 16.2. The van der Waals surface area contributed by atoms with Crippen LogP contribution in [-0.4, -0.2) is 21.5 Å². The Morgan fingerprint density at radius 1 is 1.38 bits per heavy atom. The average Bonchev–Trinajstić information content (AvgIpc) is 2.65. The number of fused-ring (bicyclic) bond motifs is 1. The first-order chi connectivity index (χ1) is 9.70. The molecule has 0 aromatic rings. The van der Waals surface area contributed by atoms with Gasteiger partial charge in [0.2, 0.25) is 0 Å². The Bertz CT molecular complexity index is 678. The van der Waals surface area contributed by atoms with E-state index in [2.05, 4.69) is 4.98 Å². The lowest BCUT2D eigenvalue weighted by Crippen LogP contribution is -2.17. The third kappa shape index (κ3) is 3.52. The predicted molar refractivity (Wildman–Crippen MR) is 78.8 cm³/mol. The van der Waals surface area contributed by atoms with Crippen LogP contribution in [0.3, 0.4) is 0 Å². The van der Waals surface area contributed by atoms with Crippen LogP contribution >= 0.6 is 23.1 Å². The number of rotatable bonds is 4. The van der Waals surface area contributed by atoms with Gasteiger partial charge in [-0.3, -0.25) is 4.57 Å². The summed E-state index contributed by atoms with van der Waals surface area (Å²) in [5, 5.41) is 0. The Morgan fingerprint density at radius 3 is 2.67 bits per heavy atom. The molecule has 0 saturated heterocycles. The minimum atomic E-state index is -4.14. The molecule has 2 aliphatic rings. The van der Waals surface area contributed by atoms with Crippen molar-refractivity contribution in [3.05, 3.63) is 21.1 Å². The second-order valence-corrected chi connectivity index (χ2v) is 7.15. The molecule has 116 valence electrons. The zero-order valence-corrected chi connectivity index (χ0v) is 13.1. The fourth-order valence-corrected chi connectivity index (χ4v) is 4.35. The van der Waals surface area contributed by atoms with Gasteiger partial charge in [0.1, 0.15) is 5.69 Å². The molecule has 2 N–H and O–H groups in total. The predicted octanol–water partition coefficient (Wildman–Crippen LogP) is 3.37. The quantitative estimate of drug-likeness (QED) is 0.686. The van der Waals surface area contributed by atoms with E-state index in [0.717, 1.165) is 14.8 Å².